The Morgan fingerprint density at radius 3 is 2.56 bits per heavy atom. The second-order valence-corrected chi connectivity index (χ2v) is 9.74. The van der Waals surface area contributed by atoms with Crippen LogP contribution in [-0.4, -0.2) is 12.5 Å². The van der Waals surface area contributed by atoms with Crippen LogP contribution >= 0.6 is 23.2 Å². The Bertz CT molecular complexity index is 905. The molecule has 4 rings (SSSR count). The fourth-order valence-corrected chi connectivity index (χ4v) is 5.25. The minimum Gasteiger partial charge on any atom is -0.325 e. The van der Waals surface area contributed by atoms with Crippen LogP contribution in [0.2, 0.25) is 10.0 Å². The fraction of sp³-hybridized carbons (Fsp3) is 0.409. The number of amides is 1. The number of carbonyl (C=O) groups excluding carboxylic acids is 1. The van der Waals surface area contributed by atoms with Gasteiger partial charge in [0.15, 0.2) is 0 Å². The smallest absolute Gasteiger partial charge is 0.237 e. The molecule has 1 amide bonds. The summed E-state index contributed by atoms with van der Waals surface area (Å²) in [6.45, 7) is 7.46. The Hall–Kier alpha value is -1.55. The van der Waals surface area contributed by atoms with E-state index in [1.165, 1.54) is 0 Å². The second kappa shape index (κ2) is 6.51. The van der Waals surface area contributed by atoms with Gasteiger partial charge in [0.25, 0.3) is 0 Å². The number of carbonyl (C=O) groups is 1. The minimum absolute atomic E-state index is 0.0454. The summed E-state index contributed by atoms with van der Waals surface area (Å²) in [4.78, 5) is 13.5. The number of anilines is 1. The van der Waals surface area contributed by atoms with E-state index in [2.05, 4.69) is 31.4 Å². The molecule has 1 spiro atoms. The van der Waals surface area contributed by atoms with Crippen LogP contribution < -0.4 is 10.6 Å². The van der Waals surface area contributed by atoms with Gasteiger partial charge in [-0.3, -0.25) is 4.79 Å². The van der Waals surface area contributed by atoms with E-state index in [0.29, 0.717) is 10.0 Å². The topological polar surface area (TPSA) is 41.1 Å². The van der Waals surface area contributed by atoms with Gasteiger partial charge in [0.1, 0.15) is 0 Å². The van der Waals surface area contributed by atoms with Crippen LogP contribution in [0.5, 0.6) is 0 Å². The number of halogens is 2. The second-order valence-electron chi connectivity index (χ2n) is 8.87. The molecule has 0 aromatic heterocycles. The fourth-order valence-electron chi connectivity index (χ4n) is 4.88. The van der Waals surface area contributed by atoms with E-state index in [4.69, 9.17) is 23.2 Å². The van der Waals surface area contributed by atoms with Gasteiger partial charge in [-0.2, -0.15) is 0 Å². The molecule has 2 heterocycles. The lowest BCUT2D eigenvalue weighted by Gasteiger charge is -2.37. The number of nitrogens with one attached hydrogen (secondary N) is 2. The van der Waals surface area contributed by atoms with Crippen molar-refractivity contribution in [2.45, 2.75) is 38.6 Å². The van der Waals surface area contributed by atoms with Crippen molar-refractivity contribution in [1.82, 2.24) is 5.32 Å². The number of fused-ring (bicyclic) bond motifs is 2. The zero-order valence-electron chi connectivity index (χ0n) is 15.8. The van der Waals surface area contributed by atoms with Gasteiger partial charge in [0.05, 0.1) is 11.5 Å². The maximum Gasteiger partial charge on any atom is 0.237 e. The van der Waals surface area contributed by atoms with E-state index in [1.807, 2.05) is 42.5 Å². The highest BCUT2D eigenvalue weighted by molar-refractivity contribution is 6.31. The maximum atomic E-state index is 13.5. The zero-order chi connectivity index (χ0) is 19.4. The van der Waals surface area contributed by atoms with E-state index < -0.39 is 5.41 Å². The molecule has 0 aliphatic carbocycles. The minimum atomic E-state index is -0.669. The molecule has 3 atom stereocenters. The Balaban J connectivity index is 1.91. The number of benzene rings is 2. The number of hydrogen-bond acceptors (Lipinski definition) is 2. The van der Waals surface area contributed by atoms with Crippen molar-refractivity contribution in [2.75, 3.05) is 11.9 Å². The quantitative estimate of drug-likeness (QED) is 0.687. The summed E-state index contributed by atoms with van der Waals surface area (Å²) >= 11 is 12.5. The molecule has 142 valence electrons. The predicted octanol–water partition coefficient (Wildman–Crippen LogP) is 5.58. The molecule has 2 aromatic carbocycles. The van der Waals surface area contributed by atoms with E-state index in [1.54, 1.807) is 0 Å². The van der Waals surface area contributed by atoms with Crippen molar-refractivity contribution in [1.29, 1.82) is 0 Å². The molecule has 1 unspecified atom stereocenters. The van der Waals surface area contributed by atoms with Crippen molar-refractivity contribution >= 4 is 34.8 Å². The average Bonchev–Trinajstić information content (AvgIpc) is 3.06. The first-order valence-corrected chi connectivity index (χ1v) is 10.1. The molecule has 2 N–H and O–H groups in total. The molecule has 1 saturated heterocycles. The first-order chi connectivity index (χ1) is 12.7. The maximum absolute atomic E-state index is 13.5. The monoisotopic (exact) mass is 402 g/mol. The molecule has 0 saturated carbocycles. The van der Waals surface area contributed by atoms with Crippen LogP contribution in [0.1, 0.15) is 44.4 Å². The molecular weight excluding hydrogens is 379 g/mol. The van der Waals surface area contributed by atoms with E-state index >= 15 is 0 Å². The van der Waals surface area contributed by atoms with Crippen molar-refractivity contribution in [3.8, 4) is 0 Å². The summed E-state index contributed by atoms with van der Waals surface area (Å²) in [5, 5.41) is 8.05. The van der Waals surface area contributed by atoms with E-state index in [-0.39, 0.29) is 23.3 Å². The Labute approximate surface area is 170 Å². The normalized spacial score (nSPS) is 27.1. The Kier molecular flexibility index (Phi) is 4.53. The summed E-state index contributed by atoms with van der Waals surface area (Å²) in [6.07, 6.45) is 0.937. The first kappa shape index (κ1) is 18.8. The lowest BCUT2D eigenvalue weighted by Crippen LogP contribution is -2.45. The van der Waals surface area contributed by atoms with Gasteiger partial charge in [-0.1, -0.05) is 62.2 Å². The highest BCUT2D eigenvalue weighted by Crippen LogP contribution is 2.56. The summed E-state index contributed by atoms with van der Waals surface area (Å²) in [5.41, 5.74) is 2.33. The van der Waals surface area contributed by atoms with Crippen molar-refractivity contribution in [3.05, 3.63) is 63.6 Å². The third-order valence-corrected chi connectivity index (χ3v) is 6.23. The third-order valence-electron chi connectivity index (χ3n) is 5.76. The molecule has 27 heavy (non-hydrogen) atoms. The van der Waals surface area contributed by atoms with Gasteiger partial charge in [0, 0.05) is 22.3 Å². The number of hydrogen-bond donors (Lipinski definition) is 2. The van der Waals surface area contributed by atoms with Gasteiger partial charge in [0.2, 0.25) is 5.91 Å². The van der Waals surface area contributed by atoms with Gasteiger partial charge in [-0.05, 0) is 53.1 Å². The van der Waals surface area contributed by atoms with Crippen molar-refractivity contribution in [2.24, 2.45) is 11.3 Å². The average molecular weight is 403 g/mol. The van der Waals surface area contributed by atoms with Gasteiger partial charge >= 0.3 is 0 Å². The largest absolute Gasteiger partial charge is 0.325 e. The summed E-state index contributed by atoms with van der Waals surface area (Å²) in [6, 6.07) is 13.4. The molecule has 3 nitrogen and oxygen atoms in total. The summed E-state index contributed by atoms with van der Waals surface area (Å²) in [5.74, 6) is 0.216. The van der Waals surface area contributed by atoms with Crippen molar-refractivity contribution < 1.29 is 4.79 Å². The van der Waals surface area contributed by atoms with E-state index in [9.17, 15) is 4.79 Å². The first-order valence-electron chi connectivity index (χ1n) is 9.32. The van der Waals surface area contributed by atoms with Gasteiger partial charge in [-0.25, -0.2) is 0 Å². The highest BCUT2D eigenvalue weighted by atomic mass is 35.5. The summed E-state index contributed by atoms with van der Waals surface area (Å²) in [7, 11) is 0. The third kappa shape index (κ3) is 3.06. The number of rotatable bonds is 2. The molecule has 2 aliphatic rings. The van der Waals surface area contributed by atoms with Crippen LogP contribution in [0.15, 0.2) is 42.5 Å². The standard InChI is InChI=1S/C22H24Cl2N2O/c1-21(2,3)11-14-12-25-19(13-5-4-6-15(23)9-13)22(14)17-8-7-16(24)10-18(17)26-20(22)27/h4-10,14,19,25H,11-12H2,1-3H3,(H,26,27)/t14-,19-,22?/m1/s1. The van der Waals surface area contributed by atoms with Crippen LogP contribution in [0.4, 0.5) is 5.69 Å². The lowest BCUT2D eigenvalue weighted by atomic mass is 9.63. The summed E-state index contributed by atoms with van der Waals surface area (Å²) < 4.78 is 0. The molecule has 5 heteroatoms. The Morgan fingerprint density at radius 1 is 1.11 bits per heavy atom. The van der Waals surface area contributed by atoms with Gasteiger partial charge in [-0.15, -0.1) is 0 Å². The molecular formula is C22H24Cl2N2O. The van der Waals surface area contributed by atoms with Gasteiger partial charge < -0.3 is 10.6 Å². The molecule has 2 aliphatic heterocycles. The van der Waals surface area contributed by atoms with Crippen LogP contribution in [-0.2, 0) is 10.2 Å². The molecule has 2 aromatic rings. The molecule has 0 radical (unpaired) electrons. The predicted molar refractivity (Wildman–Crippen MR) is 112 cm³/mol. The van der Waals surface area contributed by atoms with Crippen molar-refractivity contribution in [3.63, 3.8) is 0 Å². The highest BCUT2D eigenvalue weighted by Gasteiger charge is 2.61. The van der Waals surface area contributed by atoms with Crippen LogP contribution in [0.25, 0.3) is 0 Å². The van der Waals surface area contributed by atoms with Crippen LogP contribution in [0, 0.1) is 11.3 Å². The van der Waals surface area contributed by atoms with Crippen LogP contribution in [0.3, 0.4) is 0 Å². The SMILES string of the molecule is CC(C)(C)C[C@@H]1CN[C@H](c2cccc(Cl)c2)C12C(=O)Nc1cc(Cl)ccc12. The molecule has 0 bridgehead atoms. The lowest BCUT2D eigenvalue weighted by molar-refractivity contribution is -0.123. The Morgan fingerprint density at radius 2 is 1.85 bits per heavy atom. The van der Waals surface area contributed by atoms with E-state index in [0.717, 1.165) is 29.8 Å². The zero-order valence-corrected chi connectivity index (χ0v) is 17.3. The molecule has 1 fully saturated rings.